The maximum atomic E-state index is 5.50. The average molecular weight is 283 g/mol. The quantitative estimate of drug-likeness (QED) is 0.789. The van der Waals surface area contributed by atoms with Gasteiger partial charge in [0.15, 0.2) is 11.5 Å². The summed E-state index contributed by atoms with van der Waals surface area (Å²) in [5.74, 6) is 1.76. The molecule has 1 heterocycles. The van der Waals surface area contributed by atoms with E-state index < -0.39 is 0 Å². The van der Waals surface area contributed by atoms with Crippen LogP contribution in [0.15, 0.2) is 48.5 Å². The molecule has 0 aliphatic carbocycles. The summed E-state index contributed by atoms with van der Waals surface area (Å²) < 4.78 is 10.9. The molecule has 2 aromatic carbocycles. The molecular weight excluding hydrogens is 262 g/mol. The van der Waals surface area contributed by atoms with Gasteiger partial charge in [0.2, 0.25) is 6.79 Å². The summed E-state index contributed by atoms with van der Waals surface area (Å²) in [6.07, 6.45) is 3.55. The third-order valence-corrected chi connectivity index (χ3v) is 3.71. The highest BCUT2D eigenvalue weighted by Crippen LogP contribution is 2.35. The lowest BCUT2D eigenvalue weighted by molar-refractivity contribution is 0.173. The van der Waals surface area contributed by atoms with E-state index >= 15 is 0 Å². The first-order valence-electron chi connectivity index (χ1n) is 7.55. The molecule has 0 fully saturated rings. The van der Waals surface area contributed by atoms with Crippen LogP contribution in [0.4, 0.5) is 0 Å². The number of benzene rings is 2. The monoisotopic (exact) mass is 283 g/mol. The van der Waals surface area contributed by atoms with Crippen LogP contribution in [0.1, 0.15) is 24.0 Å². The molecule has 1 aliphatic heterocycles. The Bertz CT molecular complexity index is 569. The van der Waals surface area contributed by atoms with Crippen molar-refractivity contribution in [3.05, 3.63) is 59.7 Å². The Morgan fingerprint density at radius 2 is 1.81 bits per heavy atom. The average Bonchev–Trinajstić information content (AvgIpc) is 3.01. The molecule has 3 heteroatoms. The second kappa shape index (κ2) is 7.14. The van der Waals surface area contributed by atoms with E-state index in [9.17, 15) is 0 Å². The molecule has 0 bridgehead atoms. The van der Waals surface area contributed by atoms with E-state index in [2.05, 4.69) is 41.7 Å². The lowest BCUT2D eigenvalue weighted by atomic mass is 10.1. The van der Waals surface area contributed by atoms with Crippen LogP contribution in [-0.4, -0.2) is 13.3 Å². The number of ether oxygens (including phenoxy) is 2. The lowest BCUT2D eigenvalue weighted by Crippen LogP contribution is -2.15. The van der Waals surface area contributed by atoms with Crippen molar-refractivity contribution in [3.8, 4) is 11.5 Å². The molecule has 0 amide bonds. The number of fused-ring (bicyclic) bond motifs is 1. The fraction of sp³-hybridized carbons (Fsp3) is 0.333. The predicted octanol–water partition coefficient (Wildman–Crippen LogP) is 3.53. The molecule has 0 unspecified atom stereocenters. The van der Waals surface area contributed by atoms with Crippen molar-refractivity contribution in [2.75, 3.05) is 13.3 Å². The normalized spacial score (nSPS) is 12.6. The summed E-state index contributed by atoms with van der Waals surface area (Å²) in [6.45, 7) is 2.19. The highest BCUT2D eigenvalue weighted by atomic mass is 16.7. The number of hydrogen-bond donors (Lipinski definition) is 1. The summed E-state index contributed by atoms with van der Waals surface area (Å²) in [5, 5.41) is 3.48. The zero-order valence-electron chi connectivity index (χ0n) is 12.2. The molecular formula is C18H21NO2. The van der Waals surface area contributed by atoms with Gasteiger partial charge in [-0.2, -0.15) is 0 Å². The van der Waals surface area contributed by atoms with Gasteiger partial charge in [0, 0.05) is 12.1 Å². The number of rotatable bonds is 7. The zero-order chi connectivity index (χ0) is 14.3. The third kappa shape index (κ3) is 3.76. The molecule has 1 aliphatic rings. The third-order valence-electron chi connectivity index (χ3n) is 3.71. The first kappa shape index (κ1) is 14.0. The second-order valence-electron chi connectivity index (χ2n) is 5.27. The SMILES string of the molecule is c1ccc(CCCCNCc2cccc3c2OCO3)cc1. The van der Waals surface area contributed by atoms with Crippen LogP contribution >= 0.6 is 0 Å². The van der Waals surface area contributed by atoms with Crippen molar-refractivity contribution in [1.82, 2.24) is 5.32 Å². The van der Waals surface area contributed by atoms with E-state index in [0.717, 1.165) is 31.0 Å². The van der Waals surface area contributed by atoms with E-state index in [-0.39, 0.29) is 0 Å². The minimum absolute atomic E-state index is 0.337. The van der Waals surface area contributed by atoms with Gasteiger partial charge in [-0.25, -0.2) is 0 Å². The first-order valence-corrected chi connectivity index (χ1v) is 7.55. The summed E-state index contributed by atoms with van der Waals surface area (Å²) in [4.78, 5) is 0. The summed E-state index contributed by atoms with van der Waals surface area (Å²) in [5.41, 5.74) is 2.59. The number of hydrogen-bond acceptors (Lipinski definition) is 3. The van der Waals surface area contributed by atoms with Gasteiger partial charge in [-0.15, -0.1) is 0 Å². The Balaban J connectivity index is 1.36. The van der Waals surface area contributed by atoms with Gasteiger partial charge in [0.1, 0.15) is 0 Å². The molecule has 0 aromatic heterocycles. The fourth-order valence-electron chi connectivity index (χ4n) is 2.58. The zero-order valence-corrected chi connectivity index (χ0v) is 12.2. The van der Waals surface area contributed by atoms with Gasteiger partial charge in [0.05, 0.1) is 0 Å². The van der Waals surface area contributed by atoms with Gasteiger partial charge in [-0.1, -0.05) is 42.5 Å². The van der Waals surface area contributed by atoms with Crippen molar-refractivity contribution < 1.29 is 9.47 Å². The molecule has 3 nitrogen and oxygen atoms in total. The van der Waals surface area contributed by atoms with Crippen molar-refractivity contribution >= 4 is 0 Å². The number of nitrogens with one attached hydrogen (secondary N) is 1. The maximum Gasteiger partial charge on any atom is 0.231 e. The Labute approximate surface area is 125 Å². The molecule has 1 N–H and O–H groups in total. The number of unbranched alkanes of at least 4 members (excludes halogenated alkanes) is 1. The van der Waals surface area contributed by atoms with Crippen molar-refractivity contribution in [1.29, 1.82) is 0 Å². The standard InChI is InChI=1S/C18H21NO2/c1-2-7-15(8-3-1)9-4-5-12-19-13-16-10-6-11-17-18(16)21-14-20-17/h1-3,6-8,10-11,19H,4-5,9,12-14H2. The molecule has 0 atom stereocenters. The van der Waals surface area contributed by atoms with E-state index in [4.69, 9.17) is 9.47 Å². The summed E-state index contributed by atoms with van der Waals surface area (Å²) >= 11 is 0. The van der Waals surface area contributed by atoms with Crippen LogP contribution in [-0.2, 0) is 13.0 Å². The molecule has 0 saturated heterocycles. The predicted molar refractivity (Wildman–Crippen MR) is 83.7 cm³/mol. The van der Waals surface area contributed by atoms with Crippen LogP contribution in [0.2, 0.25) is 0 Å². The smallest absolute Gasteiger partial charge is 0.231 e. The van der Waals surface area contributed by atoms with E-state index in [1.165, 1.54) is 24.0 Å². The van der Waals surface area contributed by atoms with Crippen molar-refractivity contribution in [3.63, 3.8) is 0 Å². The van der Waals surface area contributed by atoms with Gasteiger partial charge in [-0.3, -0.25) is 0 Å². The molecule has 0 spiro atoms. The summed E-state index contributed by atoms with van der Waals surface area (Å²) in [6, 6.07) is 16.7. The molecule has 0 saturated carbocycles. The van der Waals surface area contributed by atoms with Crippen molar-refractivity contribution in [2.45, 2.75) is 25.8 Å². The highest BCUT2D eigenvalue weighted by Gasteiger charge is 2.16. The van der Waals surface area contributed by atoms with Gasteiger partial charge in [-0.05, 0) is 37.4 Å². The lowest BCUT2D eigenvalue weighted by Gasteiger charge is -2.07. The van der Waals surface area contributed by atoms with Crippen LogP contribution in [0.5, 0.6) is 11.5 Å². The van der Waals surface area contributed by atoms with Crippen LogP contribution in [0.25, 0.3) is 0 Å². The minimum atomic E-state index is 0.337. The maximum absolute atomic E-state index is 5.50. The van der Waals surface area contributed by atoms with Crippen LogP contribution in [0.3, 0.4) is 0 Å². The highest BCUT2D eigenvalue weighted by molar-refractivity contribution is 5.48. The van der Waals surface area contributed by atoms with Gasteiger partial charge in [0.25, 0.3) is 0 Å². The van der Waals surface area contributed by atoms with Crippen molar-refractivity contribution in [2.24, 2.45) is 0 Å². The Morgan fingerprint density at radius 3 is 2.71 bits per heavy atom. The van der Waals surface area contributed by atoms with Crippen LogP contribution < -0.4 is 14.8 Å². The second-order valence-corrected chi connectivity index (χ2v) is 5.27. The van der Waals surface area contributed by atoms with Gasteiger partial charge >= 0.3 is 0 Å². The molecule has 110 valence electrons. The molecule has 2 aromatic rings. The minimum Gasteiger partial charge on any atom is -0.454 e. The van der Waals surface area contributed by atoms with Gasteiger partial charge < -0.3 is 14.8 Å². The number of para-hydroxylation sites is 1. The molecule has 21 heavy (non-hydrogen) atoms. The van der Waals surface area contributed by atoms with E-state index in [0.29, 0.717) is 6.79 Å². The molecule has 3 rings (SSSR count). The largest absolute Gasteiger partial charge is 0.454 e. The first-order chi connectivity index (χ1) is 10.4. The Morgan fingerprint density at radius 1 is 0.905 bits per heavy atom. The molecule has 0 radical (unpaired) electrons. The van der Waals surface area contributed by atoms with Crippen LogP contribution in [0, 0.1) is 0 Å². The fourth-order valence-corrected chi connectivity index (χ4v) is 2.58. The Hall–Kier alpha value is -2.00. The topological polar surface area (TPSA) is 30.5 Å². The number of aryl methyl sites for hydroxylation is 1. The van der Waals surface area contributed by atoms with E-state index in [1.807, 2.05) is 12.1 Å². The summed E-state index contributed by atoms with van der Waals surface area (Å²) in [7, 11) is 0. The van der Waals surface area contributed by atoms with E-state index in [1.54, 1.807) is 0 Å². The Kier molecular flexibility index (Phi) is 4.74.